The summed E-state index contributed by atoms with van der Waals surface area (Å²) in [5, 5.41) is 0. The van der Waals surface area contributed by atoms with Crippen LogP contribution >= 0.6 is 0 Å². The molecule has 0 amide bonds. The number of carbonyl (C=O) groups excluding carboxylic acids is 2. The van der Waals surface area contributed by atoms with Gasteiger partial charge in [0.15, 0.2) is 5.78 Å². The number of rotatable bonds is 9. The molecule has 5 rings (SSSR count). The van der Waals surface area contributed by atoms with Gasteiger partial charge in [-0.2, -0.15) is 0 Å². The van der Waals surface area contributed by atoms with E-state index in [0.29, 0.717) is 29.2 Å². The predicted octanol–water partition coefficient (Wildman–Crippen LogP) is 7.87. The summed E-state index contributed by atoms with van der Waals surface area (Å²) < 4.78 is 11.6. The second-order valence-corrected chi connectivity index (χ2v) is 9.29. The van der Waals surface area contributed by atoms with Crippen molar-refractivity contribution in [2.45, 2.75) is 19.4 Å². The summed E-state index contributed by atoms with van der Waals surface area (Å²) in [6.07, 6.45) is 0. The van der Waals surface area contributed by atoms with Crippen molar-refractivity contribution in [3.8, 4) is 22.6 Å². The SMILES string of the molecule is CC(C(=O)Oc1ccc(-c2ccc(COc3cccc(C(=O)c4ccccc4)c3)cc2)cc1)c1ccccc1. The fourth-order valence-electron chi connectivity index (χ4n) is 4.24. The monoisotopic (exact) mass is 512 g/mol. The fraction of sp³-hybridized carbons (Fsp3) is 0.0857. The third-order valence-electron chi connectivity index (χ3n) is 6.55. The minimum atomic E-state index is -0.340. The summed E-state index contributed by atoms with van der Waals surface area (Å²) in [7, 11) is 0. The van der Waals surface area contributed by atoms with Gasteiger partial charge in [0, 0.05) is 11.1 Å². The van der Waals surface area contributed by atoms with Crippen LogP contribution in [0.5, 0.6) is 11.5 Å². The molecule has 0 spiro atoms. The van der Waals surface area contributed by atoms with E-state index in [1.807, 2.05) is 128 Å². The van der Waals surface area contributed by atoms with E-state index in [0.717, 1.165) is 22.3 Å². The zero-order chi connectivity index (χ0) is 27.0. The fourth-order valence-corrected chi connectivity index (χ4v) is 4.24. The summed E-state index contributed by atoms with van der Waals surface area (Å²) in [5.41, 5.74) is 5.25. The summed E-state index contributed by atoms with van der Waals surface area (Å²) in [4.78, 5) is 25.3. The van der Waals surface area contributed by atoms with Crippen LogP contribution in [0.3, 0.4) is 0 Å². The van der Waals surface area contributed by atoms with Crippen molar-refractivity contribution < 1.29 is 19.1 Å². The highest BCUT2D eigenvalue weighted by Gasteiger charge is 2.17. The molecule has 0 aliphatic carbocycles. The Labute approximate surface area is 228 Å². The molecule has 0 aliphatic heterocycles. The summed E-state index contributed by atoms with van der Waals surface area (Å²) in [5.74, 6) is 0.509. The van der Waals surface area contributed by atoms with Gasteiger partial charge < -0.3 is 9.47 Å². The second kappa shape index (κ2) is 12.1. The third kappa shape index (κ3) is 6.49. The highest BCUT2D eigenvalue weighted by molar-refractivity contribution is 6.09. The minimum absolute atomic E-state index is 0.0307. The quantitative estimate of drug-likeness (QED) is 0.115. The molecule has 5 aromatic carbocycles. The molecular formula is C35H28O4. The molecule has 1 atom stereocenters. The van der Waals surface area contributed by atoms with E-state index < -0.39 is 0 Å². The molecule has 0 saturated carbocycles. The van der Waals surface area contributed by atoms with Gasteiger partial charge in [-0.1, -0.05) is 109 Å². The van der Waals surface area contributed by atoms with Gasteiger partial charge in [-0.3, -0.25) is 9.59 Å². The first kappa shape index (κ1) is 25.7. The molecule has 0 bridgehead atoms. The molecule has 192 valence electrons. The highest BCUT2D eigenvalue weighted by atomic mass is 16.5. The van der Waals surface area contributed by atoms with Gasteiger partial charge in [0.25, 0.3) is 0 Å². The van der Waals surface area contributed by atoms with Crippen LogP contribution < -0.4 is 9.47 Å². The highest BCUT2D eigenvalue weighted by Crippen LogP contribution is 2.25. The smallest absolute Gasteiger partial charge is 0.318 e. The van der Waals surface area contributed by atoms with E-state index in [1.54, 1.807) is 12.1 Å². The zero-order valence-corrected chi connectivity index (χ0v) is 21.6. The van der Waals surface area contributed by atoms with Crippen LogP contribution in [0, 0.1) is 0 Å². The summed E-state index contributed by atoms with van der Waals surface area (Å²) in [6, 6.07) is 41.7. The van der Waals surface area contributed by atoms with Crippen molar-refractivity contribution in [3.05, 3.63) is 156 Å². The number of benzene rings is 5. The van der Waals surface area contributed by atoms with E-state index in [9.17, 15) is 9.59 Å². The Balaban J connectivity index is 1.17. The van der Waals surface area contributed by atoms with E-state index in [2.05, 4.69) is 0 Å². The van der Waals surface area contributed by atoms with Crippen molar-refractivity contribution in [2.75, 3.05) is 0 Å². The third-order valence-corrected chi connectivity index (χ3v) is 6.55. The van der Waals surface area contributed by atoms with Crippen molar-refractivity contribution in [2.24, 2.45) is 0 Å². The van der Waals surface area contributed by atoms with E-state index in [-0.39, 0.29) is 17.7 Å². The lowest BCUT2D eigenvalue weighted by Gasteiger charge is -2.12. The molecule has 39 heavy (non-hydrogen) atoms. The van der Waals surface area contributed by atoms with Crippen molar-refractivity contribution in [1.29, 1.82) is 0 Å². The number of ketones is 1. The van der Waals surface area contributed by atoms with Crippen molar-refractivity contribution in [1.82, 2.24) is 0 Å². The largest absolute Gasteiger partial charge is 0.489 e. The number of ether oxygens (including phenoxy) is 2. The first-order valence-electron chi connectivity index (χ1n) is 12.9. The van der Waals surface area contributed by atoms with E-state index >= 15 is 0 Å². The Hall–Kier alpha value is -4.96. The van der Waals surface area contributed by atoms with Gasteiger partial charge in [0.2, 0.25) is 0 Å². The molecule has 4 nitrogen and oxygen atoms in total. The van der Waals surface area contributed by atoms with Crippen LogP contribution in [-0.2, 0) is 11.4 Å². The van der Waals surface area contributed by atoms with Crippen molar-refractivity contribution in [3.63, 3.8) is 0 Å². The van der Waals surface area contributed by atoms with Crippen LogP contribution in [0.15, 0.2) is 133 Å². The lowest BCUT2D eigenvalue weighted by Crippen LogP contribution is -2.16. The Morgan fingerprint density at radius 1 is 0.615 bits per heavy atom. The van der Waals surface area contributed by atoms with Gasteiger partial charge in [-0.25, -0.2) is 0 Å². The van der Waals surface area contributed by atoms with E-state index in [1.165, 1.54) is 0 Å². The average Bonchev–Trinajstić information content (AvgIpc) is 3.01. The van der Waals surface area contributed by atoms with Crippen molar-refractivity contribution >= 4 is 11.8 Å². The Bertz CT molecular complexity index is 1540. The number of hydrogen-bond donors (Lipinski definition) is 0. The lowest BCUT2D eigenvalue weighted by atomic mass is 10.0. The molecule has 0 fully saturated rings. The Morgan fingerprint density at radius 3 is 1.87 bits per heavy atom. The number of hydrogen-bond acceptors (Lipinski definition) is 4. The van der Waals surface area contributed by atoms with Crippen LogP contribution in [-0.4, -0.2) is 11.8 Å². The van der Waals surface area contributed by atoms with Gasteiger partial charge in [-0.15, -0.1) is 0 Å². The Kier molecular flexibility index (Phi) is 7.94. The van der Waals surface area contributed by atoms with E-state index in [4.69, 9.17) is 9.47 Å². The maximum absolute atomic E-state index is 12.7. The van der Waals surface area contributed by atoms with Crippen LogP contribution in [0.25, 0.3) is 11.1 Å². The van der Waals surface area contributed by atoms with Crippen LogP contribution in [0.4, 0.5) is 0 Å². The molecule has 0 aliphatic rings. The van der Waals surface area contributed by atoms with Gasteiger partial charge >= 0.3 is 5.97 Å². The minimum Gasteiger partial charge on any atom is -0.489 e. The average molecular weight is 513 g/mol. The number of carbonyl (C=O) groups is 2. The molecule has 1 unspecified atom stereocenters. The molecule has 0 heterocycles. The normalized spacial score (nSPS) is 11.4. The lowest BCUT2D eigenvalue weighted by molar-refractivity contribution is -0.135. The van der Waals surface area contributed by atoms with Crippen LogP contribution in [0.2, 0.25) is 0 Å². The van der Waals surface area contributed by atoms with Gasteiger partial charge in [-0.05, 0) is 53.4 Å². The molecule has 0 saturated heterocycles. The number of esters is 1. The Morgan fingerprint density at radius 2 is 1.21 bits per heavy atom. The topological polar surface area (TPSA) is 52.6 Å². The second-order valence-electron chi connectivity index (χ2n) is 9.29. The standard InChI is InChI=1S/C35H28O4/c1-25(27-9-4-2-5-10-27)35(37)39-32-21-19-29(20-22-32)28-17-15-26(16-18-28)24-38-33-14-8-13-31(23-33)34(36)30-11-6-3-7-12-30/h2-23,25H,24H2,1H3. The molecule has 0 radical (unpaired) electrons. The predicted molar refractivity (Wildman–Crippen MR) is 153 cm³/mol. The first-order chi connectivity index (χ1) is 19.1. The summed E-state index contributed by atoms with van der Waals surface area (Å²) in [6.45, 7) is 2.23. The molecule has 0 aromatic heterocycles. The molecular weight excluding hydrogens is 484 g/mol. The molecule has 0 N–H and O–H groups in total. The maximum Gasteiger partial charge on any atom is 0.318 e. The summed E-state index contributed by atoms with van der Waals surface area (Å²) >= 11 is 0. The molecule has 5 aromatic rings. The van der Waals surface area contributed by atoms with Gasteiger partial charge in [0.05, 0.1) is 5.92 Å². The first-order valence-corrected chi connectivity index (χ1v) is 12.9. The zero-order valence-electron chi connectivity index (χ0n) is 21.6. The maximum atomic E-state index is 12.7. The van der Waals surface area contributed by atoms with Gasteiger partial charge in [0.1, 0.15) is 18.1 Å². The van der Waals surface area contributed by atoms with Crippen LogP contribution in [0.1, 0.15) is 39.9 Å². The molecule has 4 heteroatoms.